The molecule has 0 N–H and O–H groups in total. The standard InChI is InChI=1S/C21H22FN3O5/c1-29-19-13-15(18(25(27)28)14-20(19)30-2)3-8-21(26)24-11-9-23(10-12-24)17-6-4-16(22)5-7-17/h3-8,13-14H,9-12H2,1-2H3. The molecule has 2 aromatic rings. The van der Waals surface area contributed by atoms with Gasteiger partial charge in [-0.15, -0.1) is 0 Å². The highest BCUT2D eigenvalue weighted by atomic mass is 19.1. The second-order valence-electron chi connectivity index (χ2n) is 6.65. The fourth-order valence-electron chi connectivity index (χ4n) is 3.28. The summed E-state index contributed by atoms with van der Waals surface area (Å²) in [5, 5.41) is 11.4. The number of amides is 1. The van der Waals surface area contributed by atoms with E-state index in [-0.39, 0.29) is 28.7 Å². The molecule has 0 aliphatic carbocycles. The lowest BCUT2D eigenvalue weighted by atomic mass is 10.1. The Balaban J connectivity index is 1.69. The molecule has 0 atom stereocenters. The van der Waals surface area contributed by atoms with Crippen molar-refractivity contribution >= 4 is 23.4 Å². The highest BCUT2D eigenvalue weighted by Crippen LogP contribution is 2.35. The van der Waals surface area contributed by atoms with Gasteiger partial charge in [-0.1, -0.05) is 0 Å². The number of methoxy groups -OCH3 is 2. The summed E-state index contributed by atoms with van der Waals surface area (Å²) in [7, 11) is 2.83. The van der Waals surface area contributed by atoms with Gasteiger partial charge in [0, 0.05) is 37.9 Å². The average molecular weight is 415 g/mol. The number of hydrogen-bond donors (Lipinski definition) is 0. The van der Waals surface area contributed by atoms with Crippen LogP contribution in [-0.2, 0) is 4.79 Å². The van der Waals surface area contributed by atoms with Crippen LogP contribution < -0.4 is 14.4 Å². The van der Waals surface area contributed by atoms with Crippen molar-refractivity contribution in [1.82, 2.24) is 4.90 Å². The zero-order valence-electron chi connectivity index (χ0n) is 16.7. The molecule has 30 heavy (non-hydrogen) atoms. The summed E-state index contributed by atoms with van der Waals surface area (Å²) in [6.07, 6.45) is 2.73. The van der Waals surface area contributed by atoms with Gasteiger partial charge in [0.15, 0.2) is 11.5 Å². The molecule has 1 aliphatic rings. The van der Waals surface area contributed by atoms with Crippen molar-refractivity contribution in [2.24, 2.45) is 0 Å². The summed E-state index contributed by atoms with van der Waals surface area (Å²) in [5.41, 5.74) is 0.966. The van der Waals surface area contributed by atoms with Gasteiger partial charge in [0.25, 0.3) is 5.69 Å². The minimum absolute atomic E-state index is 0.183. The molecule has 1 saturated heterocycles. The van der Waals surface area contributed by atoms with Crippen LogP contribution in [0.3, 0.4) is 0 Å². The van der Waals surface area contributed by atoms with Crippen LogP contribution in [0.5, 0.6) is 11.5 Å². The van der Waals surface area contributed by atoms with Gasteiger partial charge >= 0.3 is 0 Å². The summed E-state index contributed by atoms with van der Waals surface area (Å²) in [5.74, 6) is 0.0486. The molecule has 8 nitrogen and oxygen atoms in total. The number of nitro groups is 1. The molecule has 1 aliphatic heterocycles. The first kappa shape index (κ1) is 21.1. The maximum Gasteiger partial charge on any atom is 0.280 e. The lowest BCUT2D eigenvalue weighted by Gasteiger charge is -2.35. The maximum atomic E-state index is 13.1. The van der Waals surface area contributed by atoms with Gasteiger partial charge < -0.3 is 19.3 Å². The monoisotopic (exact) mass is 415 g/mol. The molecule has 1 amide bonds. The van der Waals surface area contributed by atoms with Crippen LogP contribution in [0.25, 0.3) is 6.08 Å². The third-order valence-electron chi connectivity index (χ3n) is 4.92. The van der Waals surface area contributed by atoms with E-state index in [0.29, 0.717) is 31.9 Å². The van der Waals surface area contributed by atoms with Crippen LogP contribution in [0.2, 0.25) is 0 Å². The van der Waals surface area contributed by atoms with E-state index in [1.165, 1.54) is 50.6 Å². The molecule has 1 fully saturated rings. The quantitative estimate of drug-likeness (QED) is 0.409. The summed E-state index contributed by atoms with van der Waals surface area (Å²) in [6, 6.07) is 8.97. The third-order valence-corrected chi connectivity index (χ3v) is 4.92. The number of hydrogen-bond acceptors (Lipinski definition) is 6. The Labute approximate surface area is 173 Å². The Kier molecular flexibility index (Phi) is 6.51. The van der Waals surface area contributed by atoms with E-state index in [2.05, 4.69) is 4.90 Å². The van der Waals surface area contributed by atoms with E-state index in [4.69, 9.17) is 9.47 Å². The Hall–Kier alpha value is -3.62. The first-order chi connectivity index (χ1) is 14.4. The van der Waals surface area contributed by atoms with Gasteiger partial charge in [-0.05, 0) is 36.4 Å². The number of carbonyl (C=O) groups is 1. The number of ether oxygens (including phenoxy) is 2. The normalized spacial score (nSPS) is 14.1. The van der Waals surface area contributed by atoms with Crippen LogP contribution in [0, 0.1) is 15.9 Å². The van der Waals surface area contributed by atoms with Crippen LogP contribution in [-0.4, -0.2) is 56.1 Å². The second kappa shape index (κ2) is 9.25. The number of piperazine rings is 1. The Bertz CT molecular complexity index is 954. The fraction of sp³-hybridized carbons (Fsp3) is 0.286. The molecule has 0 aromatic heterocycles. The Morgan fingerprint density at radius 1 is 1.07 bits per heavy atom. The SMILES string of the molecule is COc1cc(C=CC(=O)N2CCN(c3ccc(F)cc3)CC2)c([N+](=O)[O-])cc1OC. The van der Waals surface area contributed by atoms with Crippen molar-refractivity contribution in [2.45, 2.75) is 0 Å². The highest BCUT2D eigenvalue weighted by Gasteiger charge is 2.21. The summed E-state index contributed by atoms with van der Waals surface area (Å²) >= 11 is 0. The lowest BCUT2D eigenvalue weighted by molar-refractivity contribution is -0.385. The molecule has 158 valence electrons. The van der Waals surface area contributed by atoms with Crippen molar-refractivity contribution in [3.8, 4) is 11.5 Å². The van der Waals surface area contributed by atoms with Gasteiger partial charge in [0.05, 0.1) is 30.8 Å². The molecular weight excluding hydrogens is 393 g/mol. The van der Waals surface area contributed by atoms with Crippen molar-refractivity contribution in [3.05, 3.63) is 64.0 Å². The zero-order valence-corrected chi connectivity index (χ0v) is 16.7. The highest BCUT2D eigenvalue weighted by molar-refractivity contribution is 5.92. The lowest BCUT2D eigenvalue weighted by Crippen LogP contribution is -2.48. The maximum absolute atomic E-state index is 13.1. The molecule has 0 bridgehead atoms. The minimum Gasteiger partial charge on any atom is -0.493 e. The number of benzene rings is 2. The largest absolute Gasteiger partial charge is 0.493 e. The average Bonchev–Trinajstić information content (AvgIpc) is 2.77. The smallest absolute Gasteiger partial charge is 0.280 e. The van der Waals surface area contributed by atoms with Crippen LogP contribution >= 0.6 is 0 Å². The molecule has 0 saturated carbocycles. The number of rotatable bonds is 6. The molecule has 2 aromatic carbocycles. The molecular formula is C21H22FN3O5. The molecule has 0 radical (unpaired) electrons. The summed E-state index contributed by atoms with van der Waals surface area (Å²) in [6.45, 7) is 2.21. The first-order valence-electron chi connectivity index (χ1n) is 9.31. The van der Waals surface area contributed by atoms with Crippen molar-refractivity contribution < 1.29 is 23.6 Å². The van der Waals surface area contributed by atoms with E-state index in [1.807, 2.05) is 0 Å². The van der Waals surface area contributed by atoms with E-state index in [1.54, 1.807) is 17.0 Å². The number of halogens is 1. The number of anilines is 1. The second-order valence-corrected chi connectivity index (χ2v) is 6.65. The number of nitrogens with zero attached hydrogens (tertiary/aromatic N) is 3. The van der Waals surface area contributed by atoms with Crippen LogP contribution in [0.15, 0.2) is 42.5 Å². The van der Waals surface area contributed by atoms with Gasteiger partial charge in [-0.3, -0.25) is 14.9 Å². The third kappa shape index (κ3) is 4.68. The molecule has 0 unspecified atom stereocenters. The number of carbonyl (C=O) groups excluding carboxylic acids is 1. The van der Waals surface area contributed by atoms with Crippen molar-refractivity contribution in [1.29, 1.82) is 0 Å². The van der Waals surface area contributed by atoms with E-state index >= 15 is 0 Å². The van der Waals surface area contributed by atoms with Gasteiger partial charge in [-0.2, -0.15) is 0 Å². The van der Waals surface area contributed by atoms with Crippen molar-refractivity contribution in [3.63, 3.8) is 0 Å². The predicted octanol–water partition coefficient (Wildman–Crippen LogP) is 3.11. The predicted molar refractivity (Wildman–Crippen MR) is 110 cm³/mol. The van der Waals surface area contributed by atoms with E-state index in [0.717, 1.165) is 5.69 Å². The van der Waals surface area contributed by atoms with Gasteiger partial charge in [0.1, 0.15) is 5.82 Å². The summed E-state index contributed by atoms with van der Waals surface area (Å²) in [4.78, 5) is 27.2. The van der Waals surface area contributed by atoms with Gasteiger partial charge in [0.2, 0.25) is 5.91 Å². The Morgan fingerprint density at radius 3 is 2.23 bits per heavy atom. The first-order valence-corrected chi connectivity index (χ1v) is 9.31. The van der Waals surface area contributed by atoms with Crippen molar-refractivity contribution in [2.75, 3.05) is 45.3 Å². The molecule has 0 spiro atoms. The summed E-state index contributed by atoms with van der Waals surface area (Å²) < 4.78 is 23.4. The fourth-order valence-corrected chi connectivity index (χ4v) is 3.28. The van der Waals surface area contributed by atoms with E-state index in [9.17, 15) is 19.3 Å². The van der Waals surface area contributed by atoms with Crippen LogP contribution in [0.4, 0.5) is 15.8 Å². The Morgan fingerprint density at radius 2 is 1.67 bits per heavy atom. The number of nitro benzene ring substituents is 1. The zero-order chi connectivity index (χ0) is 21.7. The topological polar surface area (TPSA) is 85.2 Å². The van der Waals surface area contributed by atoms with Crippen LogP contribution in [0.1, 0.15) is 5.56 Å². The molecule has 3 rings (SSSR count). The van der Waals surface area contributed by atoms with Gasteiger partial charge in [-0.25, -0.2) is 4.39 Å². The minimum atomic E-state index is -0.534. The molecule has 9 heteroatoms. The van der Waals surface area contributed by atoms with E-state index < -0.39 is 4.92 Å². The molecule has 1 heterocycles.